The van der Waals surface area contributed by atoms with Crippen molar-refractivity contribution in [3.05, 3.63) is 52.9 Å². The summed E-state index contributed by atoms with van der Waals surface area (Å²) in [4.78, 5) is 55.0. The molecule has 1 aliphatic rings. The van der Waals surface area contributed by atoms with Crippen molar-refractivity contribution in [1.29, 1.82) is 0 Å². The van der Waals surface area contributed by atoms with Crippen molar-refractivity contribution in [3.63, 3.8) is 0 Å². The van der Waals surface area contributed by atoms with Crippen molar-refractivity contribution in [1.82, 2.24) is 10.3 Å². The second-order valence-electron chi connectivity index (χ2n) is 9.79. The van der Waals surface area contributed by atoms with Crippen LogP contribution in [0.5, 0.6) is 11.5 Å². The molecule has 0 fully saturated rings. The number of H-pyrrole nitrogens is 1. The first kappa shape index (κ1) is 31.4. The SMILES string of the molecule is COC(=O)c1c(C)[nH]c2c(OC(=O)NCCSSC(C)C(=O)O)cc3c(c12)[C@H](Cl)CN3C(=O)c1cc2cc(OC)ccc2o1. The highest BCUT2D eigenvalue weighted by atomic mass is 35.5. The number of methoxy groups -OCH3 is 2. The van der Waals surface area contributed by atoms with E-state index in [1.807, 2.05) is 0 Å². The number of carbonyl (C=O) groups excluding carboxylic acids is 3. The Morgan fingerprint density at radius 1 is 1.23 bits per heavy atom. The van der Waals surface area contributed by atoms with Crippen molar-refractivity contribution in [2.24, 2.45) is 0 Å². The number of aromatic nitrogens is 1. The number of furan rings is 1. The summed E-state index contributed by atoms with van der Waals surface area (Å²) in [6, 6.07) is 8.32. The maximum Gasteiger partial charge on any atom is 0.412 e. The van der Waals surface area contributed by atoms with E-state index in [-0.39, 0.29) is 30.2 Å². The van der Waals surface area contributed by atoms with Crippen LogP contribution in [-0.2, 0) is 9.53 Å². The Balaban J connectivity index is 1.48. The Bertz CT molecular complexity index is 1790. The summed E-state index contributed by atoms with van der Waals surface area (Å²) in [5, 5.41) is 11.4. The number of halogens is 1. The number of alkyl halides is 1. The smallest absolute Gasteiger partial charge is 0.412 e. The molecule has 3 N–H and O–H groups in total. The maximum absolute atomic E-state index is 13.8. The van der Waals surface area contributed by atoms with E-state index in [4.69, 9.17) is 35.3 Å². The van der Waals surface area contributed by atoms with Gasteiger partial charge >= 0.3 is 18.0 Å². The number of amides is 2. The van der Waals surface area contributed by atoms with Gasteiger partial charge in [-0.15, -0.1) is 11.6 Å². The second-order valence-corrected chi connectivity index (χ2v) is 13.1. The third-order valence-electron chi connectivity index (χ3n) is 6.98. The molecule has 0 saturated heterocycles. The zero-order valence-corrected chi connectivity index (χ0v) is 26.4. The summed E-state index contributed by atoms with van der Waals surface area (Å²) in [6.07, 6.45) is -0.778. The predicted molar refractivity (Wildman–Crippen MR) is 169 cm³/mol. The number of benzene rings is 2. The van der Waals surface area contributed by atoms with Crippen LogP contribution < -0.4 is 19.7 Å². The largest absolute Gasteiger partial charge is 0.497 e. The molecule has 232 valence electrons. The van der Waals surface area contributed by atoms with Crippen LogP contribution in [0.15, 0.2) is 34.7 Å². The molecule has 44 heavy (non-hydrogen) atoms. The minimum absolute atomic E-state index is 0.0638. The fourth-order valence-electron chi connectivity index (χ4n) is 4.91. The standard InChI is InChI=1S/C29H28ClN3O9S2/c1-13-22(28(37)40-4)24-23-17(30)12-33(26(34)21-10-15-9-16(39-3)5-6-19(15)41-21)18(23)11-20(25(24)32-13)42-29(38)31-7-8-43-44-14(2)27(35)36/h5-6,9-11,14,17,32H,7-8,12H2,1-4H3,(H,31,38)(H,35,36)/t14?,17-/m1/s1. The van der Waals surface area contributed by atoms with Gasteiger partial charge in [-0.25, -0.2) is 9.59 Å². The summed E-state index contributed by atoms with van der Waals surface area (Å²) in [5.74, 6) is -0.846. The molecular weight excluding hydrogens is 634 g/mol. The number of nitrogens with zero attached hydrogens (tertiary/aromatic N) is 1. The Morgan fingerprint density at radius 2 is 2.00 bits per heavy atom. The number of ether oxygens (including phenoxy) is 3. The fourth-order valence-corrected chi connectivity index (χ4v) is 7.24. The molecule has 3 heterocycles. The average Bonchev–Trinajstić information content (AvgIpc) is 3.68. The van der Waals surface area contributed by atoms with Gasteiger partial charge in [0.15, 0.2) is 11.5 Å². The number of hydrogen-bond donors (Lipinski definition) is 3. The van der Waals surface area contributed by atoms with E-state index in [1.165, 1.54) is 39.7 Å². The lowest BCUT2D eigenvalue weighted by molar-refractivity contribution is -0.136. The van der Waals surface area contributed by atoms with Crippen LogP contribution >= 0.6 is 33.2 Å². The Hall–Kier alpha value is -4.01. The molecule has 5 rings (SSSR count). The lowest BCUT2D eigenvalue weighted by Crippen LogP contribution is -2.30. The number of aliphatic carboxylic acids is 1. The molecule has 4 aromatic rings. The number of carbonyl (C=O) groups is 4. The van der Waals surface area contributed by atoms with E-state index < -0.39 is 34.6 Å². The summed E-state index contributed by atoms with van der Waals surface area (Å²) in [7, 11) is 5.29. The van der Waals surface area contributed by atoms with Crippen molar-refractivity contribution < 1.29 is 42.9 Å². The van der Waals surface area contributed by atoms with E-state index in [1.54, 1.807) is 45.2 Å². The first-order valence-electron chi connectivity index (χ1n) is 13.3. The first-order valence-corrected chi connectivity index (χ1v) is 16.1. The Kier molecular flexibility index (Phi) is 9.23. The number of nitrogens with one attached hydrogen (secondary N) is 2. The van der Waals surface area contributed by atoms with Gasteiger partial charge in [-0.05, 0) is 38.1 Å². The highest BCUT2D eigenvalue weighted by Crippen LogP contribution is 2.49. The van der Waals surface area contributed by atoms with Crippen molar-refractivity contribution >= 4 is 84.7 Å². The maximum atomic E-state index is 13.8. The van der Waals surface area contributed by atoms with Crippen molar-refractivity contribution in [3.8, 4) is 11.5 Å². The van der Waals surface area contributed by atoms with E-state index in [0.717, 1.165) is 0 Å². The number of esters is 1. The van der Waals surface area contributed by atoms with Crippen LogP contribution in [0, 0.1) is 6.92 Å². The van der Waals surface area contributed by atoms with Crippen LogP contribution in [0.2, 0.25) is 0 Å². The van der Waals surface area contributed by atoms with Crippen molar-refractivity contribution in [2.45, 2.75) is 24.5 Å². The van der Waals surface area contributed by atoms with Gasteiger partial charge in [-0.3, -0.25) is 9.59 Å². The van der Waals surface area contributed by atoms with Gasteiger partial charge in [0, 0.05) is 46.9 Å². The normalized spacial score (nSPS) is 14.8. The summed E-state index contributed by atoms with van der Waals surface area (Å²) in [6.45, 7) is 3.53. The van der Waals surface area contributed by atoms with Gasteiger partial charge in [0.1, 0.15) is 16.6 Å². The molecule has 2 aromatic heterocycles. The van der Waals surface area contributed by atoms with Crippen LogP contribution in [0.25, 0.3) is 21.9 Å². The van der Waals surface area contributed by atoms with E-state index in [0.29, 0.717) is 50.3 Å². The molecule has 15 heteroatoms. The molecule has 1 aliphatic heterocycles. The highest BCUT2D eigenvalue weighted by molar-refractivity contribution is 8.77. The third-order valence-corrected chi connectivity index (χ3v) is 10.1. The molecule has 2 atom stereocenters. The number of hydrogen-bond acceptors (Lipinski definition) is 10. The number of rotatable bonds is 10. The number of carboxylic acids is 1. The highest BCUT2D eigenvalue weighted by Gasteiger charge is 2.38. The summed E-state index contributed by atoms with van der Waals surface area (Å²) >= 11 is 6.83. The molecule has 0 aliphatic carbocycles. The monoisotopic (exact) mass is 661 g/mol. The Morgan fingerprint density at radius 3 is 2.70 bits per heavy atom. The van der Waals surface area contributed by atoms with Crippen LogP contribution in [0.1, 0.15) is 44.5 Å². The van der Waals surface area contributed by atoms with Crippen LogP contribution in [-0.4, -0.2) is 72.3 Å². The molecule has 0 spiro atoms. The van der Waals surface area contributed by atoms with Gasteiger partial charge < -0.3 is 38.9 Å². The number of aryl methyl sites for hydroxylation is 1. The lowest BCUT2D eigenvalue weighted by Gasteiger charge is -2.17. The minimum Gasteiger partial charge on any atom is -0.497 e. The molecular formula is C29H28ClN3O9S2. The third kappa shape index (κ3) is 6.01. The van der Waals surface area contributed by atoms with Gasteiger partial charge in [0.25, 0.3) is 5.91 Å². The zero-order chi connectivity index (χ0) is 31.7. The predicted octanol–water partition coefficient (Wildman–Crippen LogP) is 5.90. The second kappa shape index (κ2) is 12.9. The summed E-state index contributed by atoms with van der Waals surface area (Å²) < 4.78 is 21.8. The first-order chi connectivity index (χ1) is 21.0. The van der Waals surface area contributed by atoms with Crippen LogP contribution in [0.4, 0.5) is 10.5 Å². The molecule has 12 nitrogen and oxygen atoms in total. The van der Waals surface area contributed by atoms with Crippen LogP contribution in [0.3, 0.4) is 0 Å². The molecule has 1 unspecified atom stereocenters. The summed E-state index contributed by atoms with van der Waals surface area (Å²) in [5.41, 5.74) is 2.37. The molecule has 2 amide bonds. The lowest BCUT2D eigenvalue weighted by atomic mass is 10.0. The zero-order valence-electron chi connectivity index (χ0n) is 24.0. The number of aromatic amines is 1. The van der Waals surface area contributed by atoms with Gasteiger partial charge in [0.05, 0.1) is 36.4 Å². The minimum atomic E-state index is -0.921. The van der Waals surface area contributed by atoms with E-state index in [9.17, 15) is 19.2 Å². The quantitative estimate of drug-likeness (QED) is 0.0803. The molecule has 0 saturated carbocycles. The fraction of sp³-hybridized carbons (Fsp3) is 0.310. The van der Waals surface area contributed by atoms with E-state index >= 15 is 0 Å². The van der Waals surface area contributed by atoms with Gasteiger partial charge in [0.2, 0.25) is 0 Å². The average molecular weight is 662 g/mol. The molecule has 0 bridgehead atoms. The number of carboxylic acid groups (broad SMARTS) is 1. The van der Waals surface area contributed by atoms with Crippen molar-refractivity contribution in [2.75, 3.05) is 38.0 Å². The number of anilines is 1. The number of fused-ring (bicyclic) bond motifs is 4. The Labute approximate surface area is 264 Å². The van der Waals surface area contributed by atoms with E-state index in [2.05, 4.69) is 10.3 Å². The van der Waals surface area contributed by atoms with Gasteiger partial charge in [-0.2, -0.15) is 0 Å². The molecule has 2 aromatic carbocycles. The topological polar surface area (TPSA) is 160 Å². The molecule has 0 radical (unpaired) electrons. The van der Waals surface area contributed by atoms with Gasteiger partial charge in [-0.1, -0.05) is 21.6 Å².